The first-order chi connectivity index (χ1) is 17.9. The van der Waals surface area contributed by atoms with Crippen molar-refractivity contribution in [3.05, 3.63) is 89.7 Å². The van der Waals surface area contributed by atoms with Crippen LogP contribution in [0.15, 0.2) is 72.8 Å². The number of nitrogens with one attached hydrogen (secondary N) is 2. The molecule has 0 aromatic heterocycles. The van der Waals surface area contributed by atoms with E-state index in [9.17, 15) is 9.18 Å². The van der Waals surface area contributed by atoms with Crippen molar-refractivity contribution >= 4 is 34.6 Å². The molecule has 194 valence electrons. The standard InChI is InChI=1S/C29H33FN4O2S/c1-21(2)20-36-26-13-7-22(8-14-26)28(35)32-29(37)31-24-9-11-25(12-10-24)34-17-15-33(16-18-34)19-23-5-3-4-6-27(23)30/h3-14,21H,15-20H2,1-2H3,(H2,31,32,35,37). The number of nitrogens with zero attached hydrogens (tertiary/aromatic N) is 2. The zero-order chi connectivity index (χ0) is 26.2. The highest BCUT2D eigenvalue weighted by molar-refractivity contribution is 7.80. The maximum atomic E-state index is 14.0. The fraction of sp³-hybridized carbons (Fsp3) is 0.310. The van der Waals surface area contributed by atoms with Gasteiger partial charge in [-0.3, -0.25) is 15.0 Å². The molecule has 1 aliphatic heterocycles. The number of anilines is 2. The maximum Gasteiger partial charge on any atom is 0.257 e. The molecule has 1 amide bonds. The summed E-state index contributed by atoms with van der Waals surface area (Å²) in [4.78, 5) is 17.1. The Hall–Kier alpha value is -3.49. The predicted octanol–water partition coefficient (Wildman–Crippen LogP) is 5.31. The molecule has 0 radical (unpaired) electrons. The number of ether oxygens (including phenoxy) is 1. The first-order valence-corrected chi connectivity index (χ1v) is 12.9. The molecule has 1 aliphatic rings. The van der Waals surface area contributed by atoms with E-state index in [2.05, 4.69) is 34.3 Å². The van der Waals surface area contributed by atoms with E-state index < -0.39 is 0 Å². The van der Waals surface area contributed by atoms with Gasteiger partial charge >= 0.3 is 0 Å². The largest absolute Gasteiger partial charge is 0.493 e. The van der Waals surface area contributed by atoms with Gasteiger partial charge in [-0.2, -0.15) is 0 Å². The number of carbonyl (C=O) groups excluding carboxylic acids is 1. The van der Waals surface area contributed by atoms with Gasteiger partial charge in [-0.05, 0) is 72.7 Å². The van der Waals surface area contributed by atoms with Gasteiger partial charge in [-0.25, -0.2) is 4.39 Å². The van der Waals surface area contributed by atoms with Crippen molar-refractivity contribution in [3.63, 3.8) is 0 Å². The second kappa shape index (κ2) is 12.7. The number of benzene rings is 3. The van der Waals surface area contributed by atoms with Gasteiger partial charge in [0.2, 0.25) is 0 Å². The third-order valence-electron chi connectivity index (χ3n) is 6.14. The third kappa shape index (κ3) is 7.74. The quantitative estimate of drug-likeness (QED) is 0.393. The number of amides is 1. The van der Waals surface area contributed by atoms with Crippen molar-refractivity contribution in [1.82, 2.24) is 10.2 Å². The van der Waals surface area contributed by atoms with Crippen molar-refractivity contribution in [3.8, 4) is 5.75 Å². The number of hydrogen-bond acceptors (Lipinski definition) is 5. The summed E-state index contributed by atoms with van der Waals surface area (Å²) in [5.74, 6) is 0.741. The number of piperazine rings is 1. The second-order valence-corrected chi connectivity index (χ2v) is 9.95. The summed E-state index contributed by atoms with van der Waals surface area (Å²) < 4.78 is 19.6. The van der Waals surface area contributed by atoms with Crippen molar-refractivity contribution < 1.29 is 13.9 Å². The Kier molecular flexibility index (Phi) is 9.09. The molecular weight excluding hydrogens is 487 g/mol. The van der Waals surface area contributed by atoms with Gasteiger partial charge in [-0.15, -0.1) is 0 Å². The minimum Gasteiger partial charge on any atom is -0.493 e. The van der Waals surface area contributed by atoms with Gasteiger partial charge in [0.05, 0.1) is 6.61 Å². The lowest BCUT2D eigenvalue weighted by Crippen LogP contribution is -2.46. The first kappa shape index (κ1) is 26.6. The number of halogens is 1. The van der Waals surface area contributed by atoms with E-state index >= 15 is 0 Å². The zero-order valence-electron chi connectivity index (χ0n) is 21.2. The van der Waals surface area contributed by atoms with E-state index in [-0.39, 0.29) is 16.8 Å². The van der Waals surface area contributed by atoms with Crippen LogP contribution in [0.2, 0.25) is 0 Å². The van der Waals surface area contributed by atoms with Gasteiger partial charge in [0.15, 0.2) is 5.11 Å². The van der Waals surface area contributed by atoms with E-state index in [0.29, 0.717) is 24.6 Å². The lowest BCUT2D eigenvalue weighted by atomic mass is 10.1. The van der Waals surface area contributed by atoms with E-state index in [4.69, 9.17) is 17.0 Å². The molecule has 0 atom stereocenters. The van der Waals surface area contributed by atoms with Crippen LogP contribution in [0.5, 0.6) is 5.75 Å². The van der Waals surface area contributed by atoms with Crippen LogP contribution in [-0.2, 0) is 6.54 Å². The number of carbonyl (C=O) groups is 1. The van der Waals surface area contributed by atoms with Gasteiger partial charge in [-0.1, -0.05) is 32.0 Å². The average Bonchev–Trinajstić information content (AvgIpc) is 2.90. The maximum absolute atomic E-state index is 14.0. The highest BCUT2D eigenvalue weighted by atomic mass is 32.1. The molecule has 1 saturated heterocycles. The van der Waals surface area contributed by atoms with E-state index in [0.717, 1.165) is 48.9 Å². The minimum absolute atomic E-state index is 0.147. The van der Waals surface area contributed by atoms with Crippen LogP contribution in [0.4, 0.5) is 15.8 Å². The third-order valence-corrected chi connectivity index (χ3v) is 6.35. The molecule has 2 N–H and O–H groups in total. The van der Waals surface area contributed by atoms with Gasteiger partial charge in [0.1, 0.15) is 11.6 Å². The second-order valence-electron chi connectivity index (χ2n) is 9.54. The van der Waals surface area contributed by atoms with Crippen LogP contribution >= 0.6 is 12.2 Å². The summed E-state index contributed by atoms with van der Waals surface area (Å²) in [5, 5.41) is 6.02. The number of hydrogen-bond donors (Lipinski definition) is 2. The van der Waals surface area contributed by atoms with Crippen LogP contribution in [0.3, 0.4) is 0 Å². The van der Waals surface area contributed by atoms with Crippen molar-refractivity contribution in [2.45, 2.75) is 20.4 Å². The van der Waals surface area contributed by atoms with E-state index in [1.165, 1.54) is 6.07 Å². The lowest BCUT2D eigenvalue weighted by Gasteiger charge is -2.36. The number of thiocarbonyl (C=S) groups is 1. The zero-order valence-corrected chi connectivity index (χ0v) is 22.1. The van der Waals surface area contributed by atoms with E-state index in [1.807, 2.05) is 36.4 Å². The molecular formula is C29H33FN4O2S. The molecule has 1 fully saturated rings. The molecule has 0 bridgehead atoms. The smallest absolute Gasteiger partial charge is 0.257 e. The lowest BCUT2D eigenvalue weighted by molar-refractivity contribution is 0.0977. The molecule has 4 rings (SSSR count). The Morgan fingerprint density at radius 2 is 1.65 bits per heavy atom. The summed E-state index contributed by atoms with van der Waals surface area (Å²) in [7, 11) is 0. The molecule has 3 aromatic rings. The average molecular weight is 521 g/mol. The molecule has 37 heavy (non-hydrogen) atoms. The Balaban J connectivity index is 1.23. The Bertz CT molecular complexity index is 1190. The summed E-state index contributed by atoms with van der Waals surface area (Å²) in [6, 6.07) is 21.9. The highest BCUT2D eigenvalue weighted by Gasteiger charge is 2.18. The van der Waals surface area contributed by atoms with E-state index in [1.54, 1.807) is 30.3 Å². The van der Waals surface area contributed by atoms with Crippen molar-refractivity contribution in [2.24, 2.45) is 5.92 Å². The molecule has 0 spiro atoms. The van der Waals surface area contributed by atoms with Crippen LogP contribution < -0.4 is 20.3 Å². The molecule has 0 unspecified atom stereocenters. The first-order valence-electron chi connectivity index (χ1n) is 12.5. The number of rotatable bonds is 8. The Labute approximate surface area is 223 Å². The Morgan fingerprint density at radius 3 is 2.30 bits per heavy atom. The molecule has 3 aromatic carbocycles. The van der Waals surface area contributed by atoms with Crippen LogP contribution in [0.25, 0.3) is 0 Å². The van der Waals surface area contributed by atoms with Gasteiger partial charge in [0.25, 0.3) is 5.91 Å². The normalized spacial score (nSPS) is 13.9. The van der Waals surface area contributed by atoms with Crippen LogP contribution in [-0.4, -0.2) is 48.7 Å². The topological polar surface area (TPSA) is 56.8 Å². The molecule has 0 saturated carbocycles. The van der Waals surface area contributed by atoms with Crippen molar-refractivity contribution in [1.29, 1.82) is 0 Å². The van der Waals surface area contributed by atoms with Crippen LogP contribution in [0, 0.1) is 11.7 Å². The molecule has 0 aliphatic carbocycles. The minimum atomic E-state index is -0.280. The summed E-state index contributed by atoms with van der Waals surface area (Å²) in [6.45, 7) is 8.91. The summed E-state index contributed by atoms with van der Waals surface area (Å²) in [5.41, 5.74) is 3.16. The monoisotopic (exact) mass is 520 g/mol. The van der Waals surface area contributed by atoms with Crippen molar-refractivity contribution in [2.75, 3.05) is 43.0 Å². The highest BCUT2D eigenvalue weighted by Crippen LogP contribution is 2.21. The SMILES string of the molecule is CC(C)COc1ccc(C(=O)NC(=S)Nc2ccc(N3CCN(Cc4ccccc4F)CC3)cc2)cc1. The molecule has 6 nitrogen and oxygen atoms in total. The molecule has 8 heteroatoms. The van der Waals surface area contributed by atoms with Gasteiger partial charge < -0.3 is 15.0 Å². The van der Waals surface area contributed by atoms with Crippen LogP contribution in [0.1, 0.15) is 29.8 Å². The Morgan fingerprint density at radius 1 is 0.973 bits per heavy atom. The summed E-state index contributed by atoms with van der Waals surface area (Å²) in [6.07, 6.45) is 0. The fourth-order valence-electron chi connectivity index (χ4n) is 4.09. The molecule has 1 heterocycles. The summed E-state index contributed by atoms with van der Waals surface area (Å²) >= 11 is 5.33. The fourth-order valence-corrected chi connectivity index (χ4v) is 4.30. The van der Waals surface area contributed by atoms with Gasteiger partial charge in [0, 0.05) is 55.2 Å². The predicted molar refractivity (Wildman–Crippen MR) is 151 cm³/mol.